The molecule has 1 heterocycles. The summed E-state index contributed by atoms with van der Waals surface area (Å²) in [5.74, 6) is 0. The quantitative estimate of drug-likeness (QED) is 0.572. The first-order valence-corrected chi connectivity index (χ1v) is 7.15. The van der Waals surface area contributed by atoms with Crippen molar-refractivity contribution in [3.63, 3.8) is 0 Å². The first kappa shape index (κ1) is 12.6. The molecular weight excluding hydrogens is 266 g/mol. The molecule has 98 valence electrons. The molecule has 0 saturated carbocycles. The Hall–Kier alpha value is -2.46. The summed E-state index contributed by atoms with van der Waals surface area (Å²) in [6.45, 7) is 0. The van der Waals surface area contributed by atoms with E-state index < -0.39 is 0 Å². The smallest absolute Gasteiger partial charge is 0.124 e. The van der Waals surface area contributed by atoms with Gasteiger partial charge in [-0.1, -0.05) is 48.5 Å². The lowest BCUT2D eigenvalue weighted by molar-refractivity contribution is 1.32. The van der Waals surface area contributed by atoms with Crippen LogP contribution in [0.1, 0.15) is 5.69 Å². The second-order valence-corrected chi connectivity index (χ2v) is 5.04. The first-order valence-electron chi connectivity index (χ1n) is 6.27. The average Bonchev–Trinajstić information content (AvgIpc) is 2.98. The van der Waals surface area contributed by atoms with Crippen molar-refractivity contribution in [2.24, 2.45) is 5.10 Å². The number of aromatic nitrogens is 1. The van der Waals surface area contributed by atoms with Crippen LogP contribution in [0.25, 0.3) is 10.6 Å². The highest BCUT2D eigenvalue weighted by Crippen LogP contribution is 2.22. The molecule has 0 spiro atoms. The molecule has 0 aliphatic carbocycles. The van der Waals surface area contributed by atoms with Gasteiger partial charge in [-0.3, -0.25) is 5.43 Å². The van der Waals surface area contributed by atoms with Crippen molar-refractivity contribution in [2.45, 2.75) is 0 Å². The average molecular weight is 279 g/mol. The first-order chi connectivity index (χ1) is 9.92. The van der Waals surface area contributed by atoms with Crippen LogP contribution in [-0.2, 0) is 0 Å². The Morgan fingerprint density at radius 2 is 1.65 bits per heavy atom. The summed E-state index contributed by atoms with van der Waals surface area (Å²) in [7, 11) is 0. The monoisotopic (exact) mass is 279 g/mol. The van der Waals surface area contributed by atoms with Crippen LogP contribution >= 0.6 is 11.3 Å². The lowest BCUT2D eigenvalue weighted by Crippen LogP contribution is -1.90. The minimum Gasteiger partial charge on any atom is -0.278 e. The van der Waals surface area contributed by atoms with E-state index in [-0.39, 0.29) is 0 Å². The zero-order chi connectivity index (χ0) is 13.6. The Kier molecular flexibility index (Phi) is 3.85. The zero-order valence-corrected chi connectivity index (χ0v) is 11.5. The van der Waals surface area contributed by atoms with Crippen LogP contribution in [0, 0.1) is 0 Å². The summed E-state index contributed by atoms with van der Waals surface area (Å²) in [4.78, 5) is 4.54. The molecule has 0 saturated heterocycles. The molecule has 20 heavy (non-hydrogen) atoms. The summed E-state index contributed by atoms with van der Waals surface area (Å²) >= 11 is 1.62. The molecule has 1 N–H and O–H groups in total. The largest absolute Gasteiger partial charge is 0.278 e. The predicted octanol–water partition coefficient (Wildman–Crippen LogP) is 4.26. The van der Waals surface area contributed by atoms with Gasteiger partial charge in [0.05, 0.1) is 17.6 Å². The highest BCUT2D eigenvalue weighted by atomic mass is 32.1. The molecular formula is C16H13N3S. The Bertz CT molecular complexity index is 690. The predicted molar refractivity (Wildman–Crippen MR) is 85.2 cm³/mol. The van der Waals surface area contributed by atoms with Gasteiger partial charge in [0.15, 0.2) is 0 Å². The fourth-order valence-electron chi connectivity index (χ4n) is 1.74. The second kappa shape index (κ2) is 6.12. The molecule has 0 fully saturated rings. The van der Waals surface area contributed by atoms with Crippen LogP contribution in [0.15, 0.2) is 71.1 Å². The Balaban J connectivity index is 1.69. The molecule has 3 aromatic rings. The van der Waals surface area contributed by atoms with Crippen LogP contribution in [0.3, 0.4) is 0 Å². The molecule has 0 atom stereocenters. The van der Waals surface area contributed by atoms with Gasteiger partial charge in [0.2, 0.25) is 0 Å². The number of nitrogens with zero attached hydrogens (tertiary/aromatic N) is 2. The van der Waals surface area contributed by atoms with E-state index in [1.165, 1.54) is 0 Å². The Morgan fingerprint density at radius 1 is 0.950 bits per heavy atom. The maximum atomic E-state index is 4.54. The molecule has 0 aliphatic rings. The van der Waals surface area contributed by atoms with Crippen molar-refractivity contribution in [2.75, 3.05) is 5.43 Å². The van der Waals surface area contributed by atoms with E-state index in [0.717, 1.165) is 22.0 Å². The summed E-state index contributed by atoms with van der Waals surface area (Å²) < 4.78 is 0. The number of benzene rings is 2. The van der Waals surface area contributed by atoms with Crippen molar-refractivity contribution in [1.82, 2.24) is 4.98 Å². The maximum absolute atomic E-state index is 4.54. The summed E-state index contributed by atoms with van der Waals surface area (Å²) in [6.07, 6.45) is 1.73. The third kappa shape index (κ3) is 3.10. The van der Waals surface area contributed by atoms with Crippen LogP contribution in [0.4, 0.5) is 5.69 Å². The third-order valence-corrected chi connectivity index (χ3v) is 3.62. The lowest BCUT2D eigenvalue weighted by atomic mass is 10.2. The van der Waals surface area contributed by atoms with Gasteiger partial charge in [-0.25, -0.2) is 4.98 Å². The Labute approximate surface area is 121 Å². The molecule has 2 aromatic carbocycles. The van der Waals surface area contributed by atoms with Crippen molar-refractivity contribution < 1.29 is 0 Å². The summed E-state index contributed by atoms with van der Waals surface area (Å²) in [5, 5.41) is 7.19. The number of para-hydroxylation sites is 1. The number of rotatable bonds is 4. The van der Waals surface area contributed by atoms with E-state index in [0.29, 0.717) is 0 Å². The number of anilines is 1. The molecule has 0 unspecified atom stereocenters. The second-order valence-electron chi connectivity index (χ2n) is 4.18. The normalized spacial score (nSPS) is 10.8. The highest BCUT2D eigenvalue weighted by Gasteiger charge is 2.01. The van der Waals surface area contributed by atoms with Gasteiger partial charge in [-0.15, -0.1) is 11.3 Å². The fourth-order valence-corrected chi connectivity index (χ4v) is 2.52. The topological polar surface area (TPSA) is 37.3 Å². The molecule has 1 aromatic heterocycles. The fraction of sp³-hybridized carbons (Fsp3) is 0. The minimum absolute atomic E-state index is 0.859. The Morgan fingerprint density at radius 3 is 2.40 bits per heavy atom. The van der Waals surface area contributed by atoms with Gasteiger partial charge < -0.3 is 0 Å². The number of thiazole rings is 1. The maximum Gasteiger partial charge on any atom is 0.124 e. The molecule has 0 radical (unpaired) electrons. The minimum atomic E-state index is 0.859. The van der Waals surface area contributed by atoms with Crippen molar-refractivity contribution in [1.29, 1.82) is 0 Å². The summed E-state index contributed by atoms with van der Waals surface area (Å²) in [6, 6.07) is 20.0. The van der Waals surface area contributed by atoms with Crippen LogP contribution in [0.2, 0.25) is 0 Å². The number of nitrogens with one attached hydrogen (secondary N) is 1. The van der Waals surface area contributed by atoms with E-state index in [1.807, 2.05) is 53.9 Å². The van der Waals surface area contributed by atoms with Crippen molar-refractivity contribution in [3.8, 4) is 10.6 Å². The van der Waals surface area contributed by atoms with Gasteiger partial charge in [-0.05, 0) is 12.1 Å². The number of hydrazone groups is 1. The van der Waals surface area contributed by atoms with Gasteiger partial charge in [-0.2, -0.15) is 5.10 Å². The van der Waals surface area contributed by atoms with Crippen molar-refractivity contribution in [3.05, 3.63) is 71.7 Å². The van der Waals surface area contributed by atoms with Gasteiger partial charge in [0.25, 0.3) is 0 Å². The molecule has 0 aliphatic heterocycles. The van der Waals surface area contributed by atoms with E-state index >= 15 is 0 Å². The van der Waals surface area contributed by atoms with E-state index in [4.69, 9.17) is 0 Å². The molecule has 3 rings (SSSR count). The zero-order valence-electron chi connectivity index (χ0n) is 10.7. The standard InChI is InChI=1S/C16H13N3S/c1-3-7-13(8-4-1)16-18-15(12-20-16)11-17-19-14-9-5-2-6-10-14/h1-12,19H. The SMILES string of the molecule is C(=NNc1ccccc1)c1csc(-c2ccccc2)n1. The van der Waals surface area contributed by atoms with Crippen LogP contribution < -0.4 is 5.43 Å². The third-order valence-electron chi connectivity index (χ3n) is 2.71. The molecule has 0 bridgehead atoms. The summed E-state index contributed by atoms with van der Waals surface area (Å²) in [5.41, 5.74) is 5.93. The van der Waals surface area contributed by atoms with Crippen LogP contribution in [-0.4, -0.2) is 11.2 Å². The molecule has 3 nitrogen and oxygen atoms in total. The number of hydrogen-bond acceptors (Lipinski definition) is 4. The number of hydrogen-bond donors (Lipinski definition) is 1. The van der Waals surface area contributed by atoms with Gasteiger partial charge in [0.1, 0.15) is 5.01 Å². The van der Waals surface area contributed by atoms with Crippen LogP contribution in [0.5, 0.6) is 0 Å². The lowest BCUT2D eigenvalue weighted by Gasteiger charge is -1.97. The highest BCUT2D eigenvalue weighted by molar-refractivity contribution is 7.13. The van der Waals surface area contributed by atoms with E-state index in [2.05, 4.69) is 27.6 Å². The molecule has 0 amide bonds. The van der Waals surface area contributed by atoms with E-state index in [9.17, 15) is 0 Å². The van der Waals surface area contributed by atoms with Gasteiger partial charge >= 0.3 is 0 Å². The van der Waals surface area contributed by atoms with Crippen molar-refractivity contribution >= 4 is 23.2 Å². The van der Waals surface area contributed by atoms with Gasteiger partial charge in [0, 0.05) is 10.9 Å². The van der Waals surface area contributed by atoms with E-state index in [1.54, 1.807) is 17.6 Å². The molecule has 4 heteroatoms.